The minimum Gasteiger partial charge on any atom is -1.00 e. The molecule has 0 heterocycles. The maximum atomic E-state index is 4.02. The van der Waals surface area contributed by atoms with Gasteiger partial charge in [-0.25, -0.2) is 5.57 Å². The van der Waals surface area contributed by atoms with Gasteiger partial charge in [-0.2, -0.15) is 11.3 Å². The van der Waals surface area contributed by atoms with E-state index in [4.69, 9.17) is 0 Å². The molecule has 3 aromatic rings. The molecule has 0 saturated heterocycles. The van der Waals surface area contributed by atoms with Crippen LogP contribution in [0.15, 0.2) is 71.4 Å². The maximum absolute atomic E-state index is 4.02. The Hall–Kier alpha value is -1.06. The molecule has 5 heteroatoms. The molecule has 1 aliphatic rings. The minimum atomic E-state index is -2.85. The summed E-state index contributed by atoms with van der Waals surface area (Å²) in [5, 5.41) is 6.58. The molecule has 0 nitrogen and oxygen atoms in total. The zero-order valence-corrected chi connectivity index (χ0v) is 48.5. The third-order valence-corrected chi connectivity index (χ3v) is 18.9. The van der Waals surface area contributed by atoms with Gasteiger partial charge in [-0.1, -0.05) is 247 Å². The number of unbranched alkanes of at least 4 members (excludes halogenated alkanes) is 18. The summed E-state index contributed by atoms with van der Waals surface area (Å²) in [6.07, 6.45) is 45.4. The van der Waals surface area contributed by atoms with Crippen LogP contribution < -0.4 is 52.8 Å². The van der Waals surface area contributed by atoms with E-state index in [1.54, 1.807) is 54.1 Å². The van der Waals surface area contributed by atoms with Gasteiger partial charge in [0.2, 0.25) is 0 Å². The number of hydrogen-bond donors (Lipinski definition) is 0. The third-order valence-electron chi connectivity index (χ3n) is 14.0. The van der Waals surface area contributed by atoms with Gasteiger partial charge in [0.25, 0.3) is 0 Å². The van der Waals surface area contributed by atoms with Crippen LogP contribution in [0.5, 0.6) is 0 Å². The summed E-state index contributed by atoms with van der Waals surface area (Å²) >= 11 is 0. The van der Waals surface area contributed by atoms with E-state index in [0.29, 0.717) is 5.92 Å². The second kappa shape index (κ2) is 37.7. The molecule has 0 aromatic heterocycles. The van der Waals surface area contributed by atoms with E-state index < -0.39 is 8.07 Å². The number of halogens is 3. The first-order chi connectivity index (χ1) is 30.3. The molecule has 0 spiro atoms. The van der Waals surface area contributed by atoms with E-state index in [1.807, 2.05) is 0 Å². The average Bonchev–Trinajstić information content (AvgIpc) is 3.61. The van der Waals surface area contributed by atoms with Crippen molar-refractivity contribution in [3.05, 3.63) is 111 Å². The molecule has 0 aliphatic heterocycles. The Bertz CT molecular complexity index is 1510. The van der Waals surface area contributed by atoms with Crippen LogP contribution in [0.25, 0.3) is 0 Å². The zero-order valence-electron chi connectivity index (χ0n) is 43.7. The van der Waals surface area contributed by atoms with Gasteiger partial charge < -0.3 is 37.2 Å². The molecule has 4 rings (SSSR count). The number of aryl methyl sites for hydroxylation is 6. The quantitative estimate of drug-likeness (QED) is 0.0249. The standard InChI is InChI=1S/C61H95Si.3ClH.Ti/c1-9-15-21-27-33-52-41-53(34-28-22-16-10-2)45-58(44-52)62(61-40-50(7)39-51(61)8,59-46-54(35-29-23-17-11-3)42-55(47-59)36-30-24-18-12-4)60-48-56(37-31-25-19-13-5)43-57(49-60)38-32-26-20-14-6;;;;/h40-50H,9-38H2,1-8H3;3*1H;/q-1;;;;+4/p-3. The molecule has 0 amide bonds. The van der Waals surface area contributed by atoms with Crippen molar-refractivity contribution >= 4 is 23.6 Å². The molecule has 66 heavy (non-hydrogen) atoms. The fourth-order valence-electron chi connectivity index (χ4n) is 10.5. The Morgan fingerprint density at radius 2 is 0.591 bits per heavy atom. The van der Waals surface area contributed by atoms with E-state index in [1.165, 1.54) is 198 Å². The topological polar surface area (TPSA) is 0 Å². The number of allylic oxidation sites excluding steroid dienone is 4. The van der Waals surface area contributed by atoms with Crippen LogP contribution in [-0.2, 0) is 60.2 Å². The van der Waals surface area contributed by atoms with Crippen molar-refractivity contribution in [1.29, 1.82) is 0 Å². The third kappa shape index (κ3) is 21.1. The van der Waals surface area contributed by atoms with Crippen molar-refractivity contribution in [3.8, 4) is 0 Å². The van der Waals surface area contributed by atoms with Crippen molar-refractivity contribution in [1.82, 2.24) is 0 Å². The van der Waals surface area contributed by atoms with Crippen LogP contribution in [0.4, 0.5) is 0 Å². The summed E-state index contributed by atoms with van der Waals surface area (Å²) in [6.45, 7) is 18.9. The van der Waals surface area contributed by atoms with Gasteiger partial charge in [-0.3, -0.25) is 6.08 Å². The number of rotatable bonds is 34. The largest absolute Gasteiger partial charge is 4.00 e. The van der Waals surface area contributed by atoms with Crippen molar-refractivity contribution in [3.63, 3.8) is 0 Å². The summed E-state index contributed by atoms with van der Waals surface area (Å²) in [7, 11) is -2.85. The predicted molar refractivity (Wildman–Crippen MR) is 281 cm³/mol. The molecule has 0 N–H and O–H groups in total. The molecule has 0 saturated carbocycles. The fraction of sp³-hybridized carbons (Fsp3) is 0.639. The maximum Gasteiger partial charge on any atom is 4.00 e. The minimum absolute atomic E-state index is 0. The predicted octanol–water partition coefficient (Wildman–Crippen LogP) is 7.77. The Morgan fingerprint density at radius 1 is 0.364 bits per heavy atom. The second-order valence-corrected chi connectivity index (χ2v) is 23.6. The Balaban J connectivity index is 0.0000106. The Morgan fingerprint density at radius 3 is 0.773 bits per heavy atom. The summed E-state index contributed by atoms with van der Waals surface area (Å²) in [5.41, 5.74) is 10.9. The van der Waals surface area contributed by atoms with Crippen LogP contribution in [0.1, 0.15) is 243 Å². The summed E-state index contributed by atoms with van der Waals surface area (Å²) in [5.74, 6) is 0.332. The first kappa shape index (κ1) is 64.9. The van der Waals surface area contributed by atoms with Crippen LogP contribution in [0.3, 0.4) is 0 Å². The fourth-order valence-corrected chi connectivity index (χ4v) is 16.0. The molecule has 1 unspecified atom stereocenters. The van der Waals surface area contributed by atoms with Gasteiger partial charge >= 0.3 is 21.7 Å². The number of benzene rings is 3. The molecule has 1 aliphatic carbocycles. The molecule has 1 atom stereocenters. The van der Waals surface area contributed by atoms with Crippen molar-refractivity contribution in [2.75, 3.05) is 0 Å². The molecule has 0 fully saturated rings. The first-order valence-electron chi connectivity index (χ1n) is 27.0. The van der Waals surface area contributed by atoms with E-state index in [9.17, 15) is 0 Å². The Labute approximate surface area is 444 Å². The van der Waals surface area contributed by atoms with E-state index >= 15 is 0 Å². The summed E-state index contributed by atoms with van der Waals surface area (Å²) in [6, 6.07) is 24.6. The smallest absolute Gasteiger partial charge is 1.00 e. The van der Waals surface area contributed by atoms with Crippen LogP contribution >= 0.6 is 0 Å². The van der Waals surface area contributed by atoms with Crippen LogP contribution in [-0.4, -0.2) is 8.07 Å². The molecular formula is C61H95Cl3SiTi. The van der Waals surface area contributed by atoms with Gasteiger partial charge in [0.15, 0.2) is 0 Å². The second-order valence-electron chi connectivity index (χ2n) is 19.9. The van der Waals surface area contributed by atoms with E-state index in [2.05, 4.69) is 122 Å². The van der Waals surface area contributed by atoms with Gasteiger partial charge in [-0.05, 0) is 110 Å². The molecule has 0 radical (unpaired) electrons. The van der Waals surface area contributed by atoms with Gasteiger partial charge in [0.05, 0.1) is 8.07 Å². The average molecular weight is 1010 g/mol. The van der Waals surface area contributed by atoms with E-state index in [0.717, 1.165) is 0 Å². The summed E-state index contributed by atoms with van der Waals surface area (Å²) < 4.78 is 0. The zero-order chi connectivity index (χ0) is 44.4. The van der Waals surface area contributed by atoms with Gasteiger partial charge in [0, 0.05) is 0 Å². The molecule has 0 bridgehead atoms. The normalized spacial score (nSPS) is 13.3. The van der Waals surface area contributed by atoms with Crippen LogP contribution in [0, 0.1) is 12.0 Å². The monoisotopic (exact) mass is 1010 g/mol. The van der Waals surface area contributed by atoms with Crippen molar-refractivity contribution in [2.45, 2.75) is 248 Å². The SMILES string of the molecule is CCCCCCc1cc(CCCCCC)cc([Si](C2=CC(C)[C-]=C2C)(c2cc(CCCCCC)cc(CCCCCC)c2)c2cc(CCCCCC)cc(CCCCCC)c2)c1.[Cl-].[Cl-].[Cl-].[Ti+4]. The van der Waals surface area contributed by atoms with Gasteiger partial charge in [-0.15, -0.1) is 0 Å². The number of hydrogen-bond acceptors (Lipinski definition) is 0. The van der Waals surface area contributed by atoms with E-state index in [-0.39, 0.29) is 58.9 Å². The molecular weight excluding hydrogens is 915 g/mol. The van der Waals surface area contributed by atoms with Crippen LogP contribution in [0.2, 0.25) is 0 Å². The summed E-state index contributed by atoms with van der Waals surface area (Å²) in [4.78, 5) is 0. The van der Waals surface area contributed by atoms with Crippen molar-refractivity contribution in [2.24, 2.45) is 5.92 Å². The van der Waals surface area contributed by atoms with Crippen molar-refractivity contribution < 1.29 is 58.9 Å². The molecule has 3 aromatic carbocycles. The first-order valence-corrected chi connectivity index (χ1v) is 29.0. The Kier molecular flexibility index (Phi) is 37.1. The van der Waals surface area contributed by atoms with Gasteiger partial charge in [0.1, 0.15) is 0 Å². The molecule has 368 valence electrons.